The second kappa shape index (κ2) is 9.47. The number of carbonyl (C=O) groups excluding carboxylic acids is 2. The minimum absolute atomic E-state index is 0.117. The van der Waals surface area contributed by atoms with E-state index in [-0.39, 0.29) is 11.8 Å². The van der Waals surface area contributed by atoms with Crippen molar-refractivity contribution in [3.63, 3.8) is 0 Å². The predicted octanol–water partition coefficient (Wildman–Crippen LogP) is 2.21. The van der Waals surface area contributed by atoms with Crippen LogP contribution in [0.3, 0.4) is 0 Å². The normalized spacial score (nSPS) is 10.2. The number of nitrogens with one attached hydrogen (secondary N) is 3. The summed E-state index contributed by atoms with van der Waals surface area (Å²) in [7, 11) is 1.79. The minimum Gasteiger partial charge on any atom is -0.352 e. The fourth-order valence-electron chi connectivity index (χ4n) is 2.30. The van der Waals surface area contributed by atoms with Gasteiger partial charge in [-0.1, -0.05) is 42.5 Å². The molecule has 2 aromatic rings. The molecule has 2 amide bonds. The van der Waals surface area contributed by atoms with E-state index in [4.69, 9.17) is 0 Å². The molecule has 0 radical (unpaired) electrons. The zero-order valence-electron chi connectivity index (χ0n) is 13.8. The van der Waals surface area contributed by atoms with E-state index in [0.29, 0.717) is 30.8 Å². The van der Waals surface area contributed by atoms with Gasteiger partial charge in [-0.2, -0.15) is 0 Å². The van der Waals surface area contributed by atoms with Crippen LogP contribution in [0.15, 0.2) is 54.6 Å². The Balaban J connectivity index is 1.92. The van der Waals surface area contributed by atoms with E-state index < -0.39 is 0 Å². The summed E-state index contributed by atoms with van der Waals surface area (Å²) < 4.78 is 0. The molecule has 0 aliphatic heterocycles. The van der Waals surface area contributed by atoms with Gasteiger partial charge in [0.15, 0.2) is 0 Å². The lowest BCUT2D eigenvalue weighted by Gasteiger charge is -2.11. The fraction of sp³-hybridized carbons (Fsp3) is 0.263. The van der Waals surface area contributed by atoms with Crippen LogP contribution in [0.4, 0.5) is 5.69 Å². The van der Waals surface area contributed by atoms with Gasteiger partial charge in [0.2, 0.25) is 5.91 Å². The molecule has 0 aliphatic carbocycles. The Kier molecular flexibility index (Phi) is 6.98. The molecule has 2 aromatic carbocycles. The summed E-state index contributed by atoms with van der Waals surface area (Å²) in [6.07, 6.45) is 1.13. The van der Waals surface area contributed by atoms with Crippen LogP contribution in [0, 0.1) is 0 Å². The first kappa shape index (κ1) is 17.7. The molecular formula is C19H23N3O2. The lowest BCUT2D eigenvalue weighted by molar-refractivity contribution is -0.116. The number of anilines is 1. The molecule has 0 spiro atoms. The van der Waals surface area contributed by atoms with Crippen molar-refractivity contribution in [3.05, 3.63) is 65.7 Å². The van der Waals surface area contributed by atoms with Crippen molar-refractivity contribution < 1.29 is 9.59 Å². The molecule has 24 heavy (non-hydrogen) atoms. The average Bonchev–Trinajstić information content (AvgIpc) is 2.61. The number of carbonyl (C=O) groups is 2. The maximum Gasteiger partial charge on any atom is 0.253 e. The third kappa shape index (κ3) is 5.52. The number of hydrogen-bond donors (Lipinski definition) is 3. The van der Waals surface area contributed by atoms with Gasteiger partial charge in [-0.15, -0.1) is 0 Å². The standard InChI is InChI=1S/C19H23N3O2/c1-20-13-12-18(23)22-17-10-6-5-9-16(17)19(24)21-14-11-15-7-3-2-4-8-15/h2-10,20H,11-14H2,1H3,(H,21,24)(H,22,23). The van der Waals surface area contributed by atoms with Crippen LogP contribution in [-0.2, 0) is 11.2 Å². The Morgan fingerprint density at radius 3 is 2.38 bits per heavy atom. The number of benzene rings is 2. The van der Waals surface area contributed by atoms with Gasteiger partial charge in [0.05, 0.1) is 11.3 Å². The fourth-order valence-corrected chi connectivity index (χ4v) is 2.30. The Morgan fingerprint density at radius 1 is 0.917 bits per heavy atom. The summed E-state index contributed by atoms with van der Waals surface area (Å²) in [4.78, 5) is 24.2. The summed E-state index contributed by atoms with van der Waals surface area (Å²) in [5.74, 6) is -0.302. The monoisotopic (exact) mass is 325 g/mol. The molecule has 126 valence electrons. The molecule has 0 unspecified atom stereocenters. The maximum absolute atomic E-state index is 12.4. The lowest BCUT2D eigenvalue weighted by atomic mass is 10.1. The van der Waals surface area contributed by atoms with Crippen molar-refractivity contribution in [1.82, 2.24) is 10.6 Å². The van der Waals surface area contributed by atoms with Crippen molar-refractivity contribution in [2.75, 3.05) is 25.5 Å². The Morgan fingerprint density at radius 2 is 1.62 bits per heavy atom. The maximum atomic E-state index is 12.4. The molecule has 0 saturated carbocycles. The van der Waals surface area contributed by atoms with E-state index in [0.717, 1.165) is 6.42 Å². The molecule has 2 rings (SSSR count). The SMILES string of the molecule is CNCCC(=O)Nc1ccccc1C(=O)NCCc1ccccc1. The molecular weight excluding hydrogens is 302 g/mol. The largest absolute Gasteiger partial charge is 0.352 e. The second-order valence-electron chi connectivity index (χ2n) is 5.44. The van der Waals surface area contributed by atoms with E-state index in [1.807, 2.05) is 30.3 Å². The molecule has 0 saturated heterocycles. The number of amides is 2. The van der Waals surface area contributed by atoms with Crippen molar-refractivity contribution in [3.8, 4) is 0 Å². The molecule has 0 fully saturated rings. The Labute approximate surface area is 142 Å². The molecule has 0 heterocycles. The van der Waals surface area contributed by atoms with Crippen LogP contribution in [0.1, 0.15) is 22.3 Å². The van der Waals surface area contributed by atoms with Crippen LogP contribution in [0.5, 0.6) is 0 Å². The molecule has 0 aromatic heterocycles. The van der Waals surface area contributed by atoms with Crippen molar-refractivity contribution >= 4 is 17.5 Å². The Hall–Kier alpha value is -2.66. The van der Waals surface area contributed by atoms with Gasteiger partial charge in [-0.05, 0) is 31.2 Å². The zero-order chi connectivity index (χ0) is 17.2. The first-order valence-corrected chi connectivity index (χ1v) is 8.06. The van der Waals surface area contributed by atoms with Gasteiger partial charge >= 0.3 is 0 Å². The molecule has 0 aliphatic rings. The van der Waals surface area contributed by atoms with Crippen LogP contribution in [0.25, 0.3) is 0 Å². The van der Waals surface area contributed by atoms with Crippen LogP contribution in [0.2, 0.25) is 0 Å². The summed E-state index contributed by atoms with van der Waals surface area (Å²) in [6.45, 7) is 1.14. The van der Waals surface area contributed by atoms with Gasteiger partial charge in [0, 0.05) is 19.5 Å². The number of para-hydroxylation sites is 1. The minimum atomic E-state index is -0.185. The van der Waals surface area contributed by atoms with E-state index in [9.17, 15) is 9.59 Å². The first-order valence-electron chi connectivity index (χ1n) is 8.06. The summed E-state index contributed by atoms with van der Waals surface area (Å²) in [6, 6.07) is 17.0. The molecule has 3 N–H and O–H groups in total. The van der Waals surface area contributed by atoms with Crippen molar-refractivity contribution in [1.29, 1.82) is 0 Å². The van der Waals surface area contributed by atoms with Gasteiger partial charge in [-0.25, -0.2) is 0 Å². The first-order chi connectivity index (χ1) is 11.7. The highest BCUT2D eigenvalue weighted by Crippen LogP contribution is 2.15. The highest BCUT2D eigenvalue weighted by atomic mass is 16.2. The zero-order valence-corrected chi connectivity index (χ0v) is 13.8. The highest BCUT2D eigenvalue weighted by Gasteiger charge is 2.12. The van der Waals surface area contributed by atoms with Crippen LogP contribution < -0.4 is 16.0 Å². The quantitative estimate of drug-likeness (QED) is 0.697. The lowest BCUT2D eigenvalue weighted by Crippen LogP contribution is -2.27. The highest BCUT2D eigenvalue weighted by molar-refractivity contribution is 6.03. The topological polar surface area (TPSA) is 70.2 Å². The van der Waals surface area contributed by atoms with Crippen molar-refractivity contribution in [2.45, 2.75) is 12.8 Å². The second-order valence-corrected chi connectivity index (χ2v) is 5.44. The number of rotatable bonds is 8. The smallest absolute Gasteiger partial charge is 0.253 e. The van der Waals surface area contributed by atoms with Gasteiger partial charge in [0.1, 0.15) is 0 Å². The predicted molar refractivity (Wildman–Crippen MR) is 96.1 cm³/mol. The molecule has 0 atom stereocenters. The van der Waals surface area contributed by atoms with Crippen molar-refractivity contribution in [2.24, 2.45) is 0 Å². The molecule has 5 heteroatoms. The van der Waals surface area contributed by atoms with Crippen LogP contribution in [-0.4, -0.2) is 32.0 Å². The number of hydrogen-bond acceptors (Lipinski definition) is 3. The van der Waals surface area contributed by atoms with Gasteiger partial charge in [-0.3, -0.25) is 9.59 Å². The Bertz CT molecular complexity index is 671. The summed E-state index contributed by atoms with van der Waals surface area (Å²) >= 11 is 0. The molecule has 5 nitrogen and oxygen atoms in total. The third-order valence-electron chi connectivity index (χ3n) is 3.59. The van der Waals surface area contributed by atoms with Gasteiger partial charge in [0.25, 0.3) is 5.91 Å². The van der Waals surface area contributed by atoms with E-state index in [1.165, 1.54) is 5.56 Å². The molecule has 0 bridgehead atoms. The third-order valence-corrected chi connectivity index (χ3v) is 3.59. The van der Waals surface area contributed by atoms with E-state index in [2.05, 4.69) is 16.0 Å². The van der Waals surface area contributed by atoms with E-state index in [1.54, 1.807) is 31.3 Å². The average molecular weight is 325 g/mol. The summed E-state index contributed by atoms with van der Waals surface area (Å²) in [5.41, 5.74) is 2.19. The van der Waals surface area contributed by atoms with Crippen LogP contribution >= 0.6 is 0 Å². The summed E-state index contributed by atoms with van der Waals surface area (Å²) in [5, 5.41) is 8.62. The van der Waals surface area contributed by atoms with E-state index >= 15 is 0 Å². The van der Waals surface area contributed by atoms with Gasteiger partial charge < -0.3 is 16.0 Å².